The molecule has 1 aromatic carbocycles. The second kappa shape index (κ2) is 5.78. The predicted molar refractivity (Wildman–Crippen MR) is 92.9 cm³/mol. The van der Waals surface area contributed by atoms with Gasteiger partial charge in [-0.3, -0.25) is 0 Å². The summed E-state index contributed by atoms with van der Waals surface area (Å²) in [5, 5.41) is 3.86. The third-order valence-corrected chi connectivity index (χ3v) is 5.85. The molecule has 4 atom stereocenters. The zero-order chi connectivity index (χ0) is 16.0. The van der Waals surface area contributed by atoms with E-state index in [1.807, 2.05) is 0 Å². The number of hydrogen-bond acceptors (Lipinski definition) is 3. The second-order valence-corrected chi connectivity index (χ2v) is 8.44. The first-order valence-electron chi connectivity index (χ1n) is 9.14. The van der Waals surface area contributed by atoms with Crippen molar-refractivity contribution in [3.63, 3.8) is 0 Å². The summed E-state index contributed by atoms with van der Waals surface area (Å²) in [5.41, 5.74) is 4.22. The molecule has 1 N–H and O–H groups in total. The molecule has 4 rings (SSSR count). The van der Waals surface area contributed by atoms with Crippen LogP contribution in [0.5, 0.6) is 0 Å². The van der Waals surface area contributed by atoms with E-state index in [-0.39, 0.29) is 11.5 Å². The van der Waals surface area contributed by atoms with Crippen LogP contribution >= 0.6 is 0 Å². The minimum Gasteiger partial charge on any atom is -0.381 e. The maximum Gasteiger partial charge on any atom is 0.0892 e. The SMILES string of the molecule is CC(C)(C)c1ccc2c(c1)C1OCCCC1[C@H](C1CCOC1)N2. The van der Waals surface area contributed by atoms with Gasteiger partial charge in [0.25, 0.3) is 0 Å². The molecule has 0 amide bonds. The molecule has 1 aromatic rings. The average Bonchev–Trinajstić information content (AvgIpc) is 3.07. The van der Waals surface area contributed by atoms with Gasteiger partial charge in [-0.05, 0) is 36.3 Å². The molecule has 2 saturated heterocycles. The van der Waals surface area contributed by atoms with Crippen molar-refractivity contribution in [2.75, 3.05) is 25.1 Å². The lowest BCUT2D eigenvalue weighted by Crippen LogP contribution is -2.45. The van der Waals surface area contributed by atoms with E-state index in [9.17, 15) is 0 Å². The molecule has 126 valence electrons. The van der Waals surface area contributed by atoms with Crippen molar-refractivity contribution < 1.29 is 9.47 Å². The summed E-state index contributed by atoms with van der Waals surface area (Å²) >= 11 is 0. The van der Waals surface area contributed by atoms with E-state index in [0.717, 1.165) is 19.8 Å². The Labute approximate surface area is 139 Å². The Balaban J connectivity index is 1.71. The maximum atomic E-state index is 6.29. The van der Waals surface area contributed by atoms with Crippen LogP contribution in [0, 0.1) is 11.8 Å². The van der Waals surface area contributed by atoms with Gasteiger partial charge in [-0.1, -0.05) is 32.9 Å². The van der Waals surface area contributed by atoms with Crippen molar-refractivity contribution in [2.45, 2.75) is 57.6 Å². The molecule has 23 heavy (non-hydrogen) atoms. The Hall–Kier alpha value is -1.06. The molecular formula is C20H29NO2. The fourth-order valence-electron chi connectivity index (χ4n) is 4.48. The van der Waals surface area contributed by atoms with Gasteiger partial charge in [0.1, 0.15) is 0 Å². The first-order valence-corrected chi connectivity index (χ1v) is 9.14. The molecule has 0 spiro atoms. The van der Waals surface area contributed by atoms with E-state index in [2.05, 4.69) is 44.3 Å². The highest BCUT2D eigenvalue weighted by Crippen LogP contribution is 2.47. The van der Waals surface area contributed by atoms with E-state index in [4.69, 9.17) is 9.47 Å². The Morgan fingerprint density at radius 3 is 2.74 bits per heavy atom. The number of anilines is 1. The molecule has 3 heterocycles. The van der Waals surface area contributed by atoms with Gasteiger partial charge < -0.3 is 14.8 Å². The Morgan fingerprint density at radius 1 is 1.13 bits per heavy atom. The largest absolute Gasteiger partial charge is 0.381 e. The Kier molecular flexibility index (Phi) is 3.89. The van der Waals surface area contributed by atoms with Gasteiger partial charge in [0, 0.05) is 42.3 Å². The number of fused-ring (bicyclic) bond motifs is 3. The molecular weight excluding hydrogens is 286 g/mol. The van der Waals surface area contributed by atoms with E-state index >= 15 is 0 Å². The predicted octanol–water partition coefficient (Wildman–Crippen LogP) is 4.28. The molecule has 3 heteroatoms. The molecule has 3 aliphatic heterocycles. The molecule has 0 aromatic heterocycles. The van der Waals surface area contributed by atoms with Gasteiger partial charge in [-0.2, -0.15) is 0 Å². The molecule has 3 aliphatic rings. The number of rotatable bonds is 1. The lowest BCUT2D eigenvalue weighted by atomic mass is 9.74. The summed E-state index contributed by atoms with van der Waals surface area (Å²) in [6, 6.07) is 7.42. The zero-order valence-corrected chi connectivity index (χ0v) is 14.6. The number of nitrogens with one attached hydrogen (secondary N) is 1. The summed E-state index contributed by atoms with van der Waals surface area (Å²) in [5.74, 6) is 1.21. The highest BCUT2D eigenvalue weighted by molar-refractivity contribution is 5.58. The highest BCUT2D eigenvalue weighted by Gasteiger charge is 2.43. The fraction of sp³-hybridized carbons (Fsp3) is 0.700. The van der Waals surface area contributed by atoms with Crippen LogP contribution in [0.25, 0.3) is 0 Å². The second-order valence-electron chi connectivity index (χ2n) is 8.44. The minimum absolute atomic E-state index is 0.176. The van der Waals surface area contributed by atoms with E-state index in [1.54, 1.807) is 0 Å². The van der Waals surface area contributed by atoms with Gasteiger partial charge in [0.15, 0.2) is 0 Å². The zero-order valence-electron chi connectivity index (χ0n) is 14.6. The summed E-state index contributed by atoms with van der Waals surface area (Å²) in [7, 11) is 0. The van der Waals surface area contributed by atoms with E-state index < -0.39 is 0 Å². The van der Waals surface area contributed by atoms with Gasteiger partial charge in [0.05, 0.1) is 12.7 Å². The molecule has 0 bridgehead atoms. The Morgan fingerprint density at radius 2 is 2.00 bits per heavy atom. The van der Waals surface area contributed by atoms with Gasteiger partial charge >= 0.3 is 0 Å². The summed E-state index contributed by atoms with van der Waals surface area (Å²) in [6.45, 7) is 9.55. The van der Waals surface area contributed by atoms with Crippen LogP contribution in [-0.4, -0.2) is 25.9 Å². The van der Waals surface area contributed by atoms with Crippen molar-refractivity contribution in [3.05, 3.63) is 29.3 Å². The van der Waals surface area contributed by atoms with Crippen molar-refractivity contribution in [1.82, 2.24) is 0 Å². The normalized spacial score (nSPS) is 33.7. The number of benzene rings is 1. The van der Waals surface area contributed by atoms with E-state index in [1.165, 1.54) is 36.1 Å². The lowest BCUT2D eigenvalue weighted by Gasteiger charge is -2.45. The van der Waals surface area contributed by atoms with Crippen molar-refractivity contribution in [3.8, 4) is 0 Å². The fourth-order valence-corrected chi connectivity index (χ4v) is 4.48. The maximum absolute atomic E-state index is 6.29. The molecule has 0 radical (unpaired) electrons. The van der Waals surface area contributed by atoms with Crippen LogP contribution in [0.4, 0.5) is 5.69 Å². The third-order valence-electron chi connectivity index (χ3n) is 5.85. The van der Waals surface area contributed by atoms with Gasteiger partial charge in [-0.25, -0.2) is 0 Å². The van der Waals surface area contributed by atoms with Gasteiger partial charge in [0.2, 0.25) is 0 Å². The number of hydrogen-bond donors (Lipinski definition) is 1. The van der Waals surface area contributed by atoms with Crippen LogP contribution in [0.1, 0.15) is 57.3 Å². The quantitative estimate of drug-likeness (QED) is 0.839. The van der Waals surface area contributed by atoms with Crippen LogP contribution in [-0.2, 0) is 14.9 Å². The lowest BCUT2D eigenvalue weighted by molar-refractivity contribution is -0.0443. The van der Waals surface area contributed by atoms with Crippen LogP contribution < -0.4 is 5.32 Å². The van der Waals surface area contributed by atoms with Crippen molar-refractivity contribution >= 4 is 5.69 Å². The van der Waals surface area contributed by atoms with E-state index in [0.29, 0.717) is 17.9 Å². The van der Waals surface area contributed by atoms with Crippen molar-refractivity contribution in [1.29, 1.82) is 0 Å². The molecule has 3 unspecified atom stereocenters. The topological polar surface area (TPSA) is 30.5 Å². The summed E-state index contributed by atoms with van der Waals surface area (Å²) < 4.78 is 11.9. The van der Waals surface area contributed by atoms with Crippen LogP contribution in [0.15, 0.2) is 18.2 Å². The molecule has 0 saturated carbocycles. The first kappa shape index (κ1) is 15.5. The molecule has 3 nitrogen and oxygen atoms in total. The minimum atomic E-state index is 0.176. The Bertz CT molecular complexity index is 571. The molecule has 0 aliphatic carbocycles. The van der Waals surface area contributed by atoms with Crippen molar-refractivity contribution in [2.24, 2.45) is 11.8 Å². The first-order chi connectivity index (χ1) is 11.0. The van der Waals surface area contributed by atoms with Gasteiger partial charge in [-0.15, -0.1) is 0 Å². The highest BCUT2D eigenvalue weighted by atomic mass is 16.5. The number of ether oxygens (including phenoxy) is 2. The standard InChI is InChI=1S/C20H29NO2/c1-20(2,3)14-6-7-17-16(11-14)19-15(5-4-9-23-19)18(21-17)13-8-10-22-12-13/h6-7,11,13,15,18-19,21H,4-5,8-10,12H2,1-3H3/t13?,15?,18-,19?/m0/s1. The van der Waals surface area contributed by atoms with Crippen LogP contribution in [0.3, 0.4) is 0 Å². The summed E-state index contributed by atoms with van der Waals surface area (Å²) in [6.07, 6.45) is 3.88. The summed E-state index contributed by atoms with van der Waals surface area (Å²) in [4.78, 5) is 0. The third kappa shape index (κ3) is 2.78. The average molecular weight is 315 g/mol. The smallest absolute Gasteiger partial charge is 0.0892 e. The molecule has 2 fully saturated rings. The van der Waals surface area contributed by atoms with Crippen LogP contribution in [0.2, 0.25) is 0 Å². The monoisotopic (exact) mass is 315 g/mol.